The zero-order valence-electron chi connectivity index (χ0n) is 12.9. The van der Waals surface area contributed by atoms with Gasteiger partial charge in [-0.15, -0.1) is 11.3 Å². The molecule has 0 saturated carbocycles. The van der Waals surface area contributed by atoms with Crippen LogP contribution in [0, 0.1) is 6.92 Å². The summed E-state index contributed by atoms with van der Waals surface area (Å²) in [5.74, 6) is 0.303. The van der Waals surface area contributed by atoms with Gasteiger partial charge in [-0.3, -0.25) is 4.79 Å². The van der Waals surface area contributed by atoms with Crippen LogP contribution in [0.1, 0.15) is 37.8 Å². The lowest BCUT2D eigenvalue weighted by molar-refractivity contribution is -0.131. The molecule has 2 N–H and O–H groups in total. The summed E-state index contributed by atoms with van der Waals surface area (Å²) in [4.78, 5) is 20.9. The van der Waals surface area contributed by atoms with Gasteiger partial charge < -0.3 is 15.5 Å². The first-order valence-electron chi connectivity index (χ1n) is 7.85. The summed E-state index contributed by atoms with van der Waals surface area (Å²) in [6, 6.07) is 0. The first kappa shape index (κ1) is 16.2. The maximum Gasteiger partial charge on any atom is 0.222 e. The largest absolute Gasteiger partial charge is 0.345 e. The minimum Gasteiger partial charge on any atom is -0.345 e. The molecule has 2 rings (SSSR count). The Morgan fingerprint density at radius 3 is 2.57 bits per heavy atom. The molecule has 0 aliphatic carbocycles. The van der Waals surface area contributed by atoms with E-state index in [9.17, 15) is 4.79 Å². The van der Waals surface area contributed by atoms with E-state index >= 15 is 0 Å². The van der Waals surface area contributed by atoms with Crippen LogP contribution in [-0.2, 0) is 4.79 Å². The molecule has 118 valence electrons. The number of carbonyl (C=O) groups excluding carboxylic acids is 1. The van der Waals surface area contributed by atoms with Crippen molar-refractivity contribution in [3.8, 4) is 0 Å². The Labute approximate surface area is 131 Å². The van der Waals surface area contributed by atoms with Crippen LogP contribution in [0.25, 0.3) is 0 Å². The molecule has 0 unspecified atom stereocenters. The third-order valence-corrected chi connectivity index (χ3v) is 4.87. The van der Waals surface area contributed by atoms with Gasteiger partial charge in [0.2, 0.25) is 5.91 Å². The average molecular weight is 310 g/mol. The molecule has 0 radical (unpaired) electrons. The zero-order valence-corrected chi connectivity index (χ0v) is 13.7. The van der Waals surface area contributed by atoms with Crippen molar-refractivity contribution < 1.29 is 4.79 Å². The third kappa shape index (κ3) is 4.97. The van der Waals surface area contributed by atoms with Gasteiger partial charge in [-0.05, 0) is 26.3 Å². The third-order valence-electron chi connectivity index (χ3n) is 3.85. The highest BCUT2D eigenvalue weighted by molar-refractivity contribution is 7.13. The lowest BCUT2D eigenvalue weighted by Gasteiger charge is -2.34. The number of rotatable bonds is 7. The van der Waals surface area contributed by atoms with Gasteiger partial charge in [0.1, 0.15) is 0 Å². The average Bonchev–Trinajstić information content (AvgIpc) is 2.93. The zero-order chi connectivity index (χ0) is 15.1. The summed E-state index contributed by atoms with van der Waals surface area (Å²) in [5, 5.41) is 3.16. The van der Waals surface area contributed by atoms with Crippen LogP contribution in [-0.4, -0.2) is 48.5 Å². The Kier molecular flexibility index (Phi) is 6.45. The number of amides is 1. The summed E-state index contributed by atoms with van der Waals surface area (Å²) in [7, 11) is 0. The number of hydrogen-bond donors (Lipinski definition) is 1. The molecule has 1 amide bonds. The maximum atomic E-state index is 12.1. The molecule has 1 fully saturated rings. The van der Waals surface area contributed by atoms with E-state index in [4.69, 9.17) is 5.73 Å². The number of thiazole rings is 1. The number of aromatic nitrogens is 1. The van der Waals surface area contributed by atoms with E-state index in [1.807, 2.05) is 11.8 Å². The number of aryl methyl sites for hydroxylation is 1. The van der Waals surface area contributed by atoms with E-state index < -0.39 is 0 Å². The van der Waals surface area contributed by atoms with Gasteiger partial charge >= 0.3 is 0 Å². The van der Waals surface area contributed by atoms with E-state index in [2.05, 4.69) is 15.3 Å². The Bertz CT molecular complexity index is 441. The molecular formula is C15H26N4OS. The Balaban J connectivity index is 1.67. The fourth-order valence-electron chi connectivity index (χ4n) is 2.57. The number of anilines is 1. The van der Waals surface area contributed by atoms with Crippen LogP contribution in [0.2, 0.25) is 0 Å². The van der Waals surface area contributed by atoms with E-state index in [1.54, 1.807) is 11.3 Å². The van der Waals surface area contributed by atoms with Crippen LogP contribution in [0.3, 0.4) is 0 Å². The van der Waals surface area contributed by atoms with Crippen molar-refractivity contribution in [2.45, 2.75) is 39.0 Å². The quantitative estimate of drug-likeness (QED) is 0.783. The molecule has 2 heterocycles. The molecule has 1 aromatic rings. The van der Waals surface area contributed by atoms with E-state index in [0.717, 1.165) is 69.2 Å². The van der Waals surface area contributed by atoms with Crippen LogP contribution in [0.5, 0.6) is 0 Å². The lowest BCUT2D eigenvalue weighted by Crippen LogP contribution is -2.48. The second-order valence-corrected chi connectivity index (χ2v) is 6.43. The number of nitrogens with two attached hydrogens (primary N) is 1. The molecule has 1 aliphatic heterocycles. The fraction of sp³-hybridized carbons (Fsp3) is 0.733. The second-order valence-electron chi connectivity index (χ2n) is 5.59. The maximum absolute atomic E-state index is 12.1. The Morgan fingerprint density at radius 2 is 1.95 bits per heavy atom. The van der Waals surface area contributed by atoms with Crippen LogP contribution >= 0.6 is 11.3 Å². The van der Waals surface area contributed by atoms with Crippen molar-refractivity contribution in [3.05, 3.63) is 11.1 Å². The predicted octanol–water partition coefficient (Wildman–Crippen LogP) is 2.01. The topological polar surface area (TPSA) is 62.5 Å². The highest BCUT2D eigenvalue weighted by atomic mass is 32.1. The van der Waals surface area contributed by atoms with Crippen molar-refractivity contribution in [3.63, 3.8) is 0 Å². The Hall–Kier alpha value is -1.14. The molecule has 0 spiro atoms. The van der Waals surface area contributed by atoms with Crippen molar-refractivity contribution >= 4 is 22.4 Å². The molecule has 1 aliphatic rings. The monoisotopic (exact) mass is 310 g/mol. The molecule has 21 heavy (non-hydrogen) atoms. The van der Waals surface area contributed by atoms with Crippen LogP contribution in [0.15, 0.2) is 5.38 Å². The van der Waals surface area contributed by atoms with Crippen molar-refractivity contribution in [2.24, 2.45) is 5.73 Å². The van der Waals surface area contributed by atoms with Crippen molar-refractivity contribution in [1.29, 1.82) is 0 Å². The molecule has 0 aromatic carbocycles. The molecular weight excluding hydrogens is 284 g/mol. The van der Waals surface area contributed by atoms with Gasteiger partial charge in [0.05, 0.1) is 5.69 Å². The molecule has 6 heteroatoms. The number of carbonyl (C=O) groups is 1. The van der Waals surface area contributed by atoms with E-state index in [1.165, 1.54) is 0 Å². The van der Waals surface area contributed by atoms with E-state index in [-0.39, 0.29) is 0 Å². The lowest BCUT2D eigenvalue weighted by atomic mass is 10.1. The van der Waals surface area contributed by atoms with Gasteiger partial charge in [0.25, 0.3) is 0 Å². The molecule has 0 bridgehead atoms. The molecule has 0 atom stereocenters. The first-order valence-corrected chi connectivity index (χ1v) is 8.73. The minimum absolute atomic E-state index is 0.303. The van der Waals surface area contributed by atoms with Gasteiger partial charge in [0, 0.05) is 38.0 Å². The summed E-state index contributed by atoms with van der Waals surface area (Å²) < 4.78 is 0. The second kappa shape index (κ2) is 8.34. The van der Waals surface area contributed by atoms with Gasteiger partial charge in [0.15, 0.2) is 5.13 Å². The van der Waals surface area contributed by atoms with Crippen LogP contribution < -0.4 is 10.6 Å². The van der Waals surface area contributed by atoms with Gasteiger partial charge in [-0.25, -0.2) is 4.98 Å². The smallest absolute Gasteiger partial charge is 0.222 e. The molecule has 1 saturated heterocycles. The number of piperazine rings is 1. The fourth-order valence-corrected chi connectivity index (χ4v) is 3.42. The predicted molar refractivity (Wildman–Crippen MR) is 87.8 cm³/mol. The standard InChI is InChI=1S/C15H26N4OS/c1-13-12-21-15(17-13)19-10-8-18(9-11-19)14(20)6-4-2-3-5-7-16/h12H,2-11,16H2,1H3. The summed E-state index contributed by atoms with van der Waals surface area (Å²) in [6.07, 6.45) is 4.99. The normalized spacial score (nSPS) is 15.5. The van der Waals surface area contributed by atoms with Crippen LogP contribution in [0.4, 0.5) is 5.13 Å². The summed E-state index contributed by atoms with van der Waals surface area (Å²) in [6.45, 7) is 6.20. The molecule has 5 nitrogen and oxygen atoms in total. The number of nitrogens with zero attached hydrogens (tertiary/aromatic N) is 3. The summed E-state index contributed by atoms with van der Waals surface area (Å²) >= 11 is 1.69. The summed E-state index contributed by atoms with van der Waals surface area (Å²) in [5.41, 5.74) is 6.54. The highest BCUT2D eigenvalue weighted by Gasteiger charge is 2.22. The minimum atomic E-state index is 0.303. The van der Waals surface area contributed by atoms with Gasteiger partial charge in [-0.2, -0.15) is 0 Å². The first-order chi connectivity index (χ1) is 10.2. The SMILES string of the molecule is Cc1csc(N2CCN(C(=O)CCCCCCN)CC2)n1. The Morgan fingerprint density at radius 1 is 1.24 bits per heavy atom. The highest BCUT2D eigenvalue weighted by Crippen LogP contribution is 2.21. The number of hydrogen-bond acceptors (Lipinski definition) is 5. The van der Waals surface area contributed by atoms with Crippen molar-refractivity contribution in [1.82, 2.24) is 9.88 Å². The molecule has 1 aromatic heterocycles. The van der Waals surface area contributed by atoms with Gasteiger partial charge in [-0.1, -0.05) is 12.8 Å². The van der Waals surface area contributed by atoms with E-state index in [0.29, 0.717) is 12.3 Å². The number of unbranched alkanes of at least 4 members (excludes halogenated alkanes) is 3. The van der Waals surface area contributed by atoms with Crippen molar-refractivity contribution in [2.75, 3.05) is 37.6 Å².